The van der Waals surface area contributed by atoms with E-state index >= 15 is 4.39 Å². The van der Waals surface area contributed by atoms with Crippen LogP contribution in [0.1, 0.15) is 12.5 Å². The van der Waals surface area contributed by atoms with Crippen LogP contribution in [0.4, 0.5) is 14.9 Å². The third kappa shape index (κ3) is 2.59. The zero-order valence-corrected chi connectivity index (χ0v) is 17.4. The Morgan fingerprint density at radius 3 is 2.73 bits per heavy atom. The second-order valence-corrected chi connectivity index (χ2v) is 8.42. The first-order valence-corrected chi connectivity index (χ1v) is 10.5. The van der Waals surface area contributed by atoms with Gasteiger partial charge in [0.25, 0.3) is 0 Å². The lowest BCUT2D eigenvalue weighted by molar-refractivity contribution is -0.151. The van der Waals surface area contributed by atoms with Crippen molar-refractivity contribution >= 4 is 34.5 Å². The zero-order valence-electron chi connectivity index (χ0n) is 17.4. The molecular formula is C22H18FN5O5. The van der Waals surface area contributed by atoms with Gasteiger partial charge in [-0.2, -0.15) is 0 Å². The first-order valence-electron chi connectivity index (χ1n) is 10.5. The highest BCUT2D eigenvalue weighted by Crippen LogP contribution is 2.49. The molecule has 11 heteroatoms. The molecule has 0 aliphatic carbocycles. The van der Waals surface area contributed by atoms with E-state index in [0.717, 1.165) is 0 Å². The van der Waals surface area contributed by atoms with Crippen molar-refractivity contribution in [1.29, 1.82) is 0 Å². The summed E-state index contributed by atoms with van der Waals surface area (Å²) >= 11 is 0. The number of barbiturate groups is 1. The van der Waals surface area contributed by atoms with E-state index in [1.54, 1.807) is 42.3 Å². The van der Waals surface area contributed by atoms with Crippen molar-refractivity contribution in [2.75, 3.05) is 18.1 Å². The SMILES string of the molecule is C[C@@H]1OCCN2c3c(cc4c(-c5ccccn5)noc4c3F)CC3(C(=O)NC(=O)NC3=O)[C@@H]12. The van der Waals surface area contributed by atoms with E-state index in [1.807, 2.05) is 0 Å². The minimum absolute atomic E-state index is 0.0315. The predicted molar refractivity (Wildman–Crippen MR) is 112 cm³/mol. The van der Waals surface area contributed by atoms with Gasteiger partial charge in [-0.3, -0.25) is 25.2 Å². The van der Waals surface area contributed by atoms with E-state index in [1.165, 1.54) is 0 Å². The summed E-state index contributed by atoms with van der Waals surface area (Å²) in [5.74, 6) is -2.09. The van der Waals surface area contributed by atoms with Crippen molar-refractivity contribution in [3.05, 3.63) is 41.8 Å². The monoisotopic (exact) mass is 451 g/mol. The van der Waals surface area contributed by atoms with Crippen LogP contribution in [0.2, 0.25) is 0 Å². The Balaban J connectivity index is 1.60. The smallest absolute Gasteiger partial charge is 0.328 e. The third-order valence-corrected chi connectivity index (χ3v) is 6.68. The van der Waals surface area contributed by atoms with E-state index in [0.29, 0.717) is 22.3 Å². The van der Waals surface area contributed by atoms with E-state index in [2.05, 4.69) is 20.8 Å². The number of morpholine rings is 1. The summed E-state index contributed by atoms with van der Waals surface area (Å²) in [6.07, 6.45) is 0.889. The number of carbonyl (C=O) groups excluding carboxylic acids is 3. The lowest BCUT2D eigenvalue weighted by Crippen LogP contribution is -2.74. The molecule has 3 aliphatic rings. The number of urea groups is 1. The number of hydrogen-bond acceptors (Lipinski definition) is 8. The summed E-state index contributed by atoms with van der Waals surface area (Å²) in [6, 6.07) is 5.24. The molecule has 0 radical (unpaired) electrons. The number of anilines is 1. The lowest BCUT2D eigenvalue weighted by Gasteiger charge is -2.54. The molecule has 0 saturated carbocycles. The quantitative estimate of drug-likeness (QED) is 0.534. The van der Waals surface area contributed by atoms with E-state index in [-0.39, 0.29) is 30.8 Å². The topological polar surface area (TPSA) is 127 Å². The molecule has 2 atom stereocenters. The summed E-state index contributed by atoms with van der Waals surface area (Å²) in [5.41, 5.74) is -0.177. The van der Waals surface area contributed by atoms with Crippen LogP contribution in [0.25, 0.3) is 22.4 Å². The second-order valence-electron chi connectivity index (χ2n) is 8.42. The maximum atomic E-state index is 15.9. The second kappa shape index (κ2) is 6.82. The number of aromatic nitrogens is 2. The number of nitrogens with zero attached hydrogens (tertiary/aromatic N) is 3. The van der Waals surface area contributed by atoms with Crippen LogP contribution in [0, 0.1) is 11.2 Å². The first kappa shape index (κ1) is 19.8. The van der Waals surface area contributed by atoms with Gasteiger partial charge in [-0.15, -0.1) is 0 Å². The van der Waals surface area contributed by atoms with Gasteiger partial charge in [0.05, 0.1) is 35.5 Å². The number of imide groups is 2. The number of carbonyl (C=O) groups is 3. The minimum atomic E-state index is -1.68. The summed E-state index contributed by atoms with van der Waals surface area (Å²) in [4.78, 5) is 44.1. The van der Waals surface area contributed by atoms with Gasteiger partial charge in [-0.1, -0.05) is 11.2 Å². The van der Waals surface area contributed by atoms with Crippen LogP contribution >= 0.6 is 0 Å². The van der Waals surface area contributed by atoms with Gasteiger partial charge < -0.3 is 14.2 Å². The van der Waals surface area contributed by atoms with Crippen molar-refractivity contribution in [1.82, 2.24) is 20.8 Å². The molecule has 33 heavy (non-hydrogen) atoms. The Hall–Kier alpha value is -3.86. The van der Waals surface area contributed by atoms with E-state index in [4.69, 9.17) is 9.26 Å². The minimum Gasteiger partial charge on any atom is -0.374 e. The Labute approximate surface area is 186 Å². The fraction of sp³-hybridized carbons (Fsp3) is 0.318. The number of amides is 4. The van der Waals surface area contributed by atoms with Crippen molar-refractivity contribution in [2.24, 2.45) is 5.41 Å². The maximum Gasteiger partial charge on any atom is 0.328 e. The number of benzene rings is 1. The van der Waals surface area contributed by atoms with Crippen molar-refractivity contribution < 1.29 is 28.0 Å². The number of pyridine rings is 1. The number of fused-ring (bicyclic) bond motifs is 5. The van der Waals surface area contributed by atoms with Crippen molar-refractivity contribution in [3.8, 4) is 11.4 Å². The standard InChI is InChI=1S/C22H18FN5O5/c1-10-18-22(19(29)25-21(31)26-20(22)30)9-11-8-12-15(13-4-2-3-5-24-13)27-33-17(12)14(23)16(11)28(18)6-7-32-10/h2-5,8,10,18H,6-7,9H2,1H3,(H2,25,26,29,30,31)/t10-,18+/m0/s1. The largest absolute Gasteiger partial charge is 0.374 e. The molecule has 2 N–H and O–H groups in total. The van der Waals surface area contributed by atoms with Crippen molar-refractivity contribution in [2.45, 2.75) is 25.5 Å². The number of ether oxygens (including phenoxy) is 1. The van der Waals surface area contributed by atoms with Crippen molar-refractivity contribution in [3.63, 3.8) is 0 Å². The number of hydrogen-bond donors (Lipinski definition) is 2. The van der Waals surface area contributed by atoms with Crippen LogP contribution in [0.5, 0.6) is 0 Å². The maximum absolute atomic E-state index is 15.9. The van der Waals surface area contributed by atoms with Gasteiger partial charge >= 0.3 is 6.03 Å². The van der Waals surface area contributed by atoms with E-state index < -0.39 is 41.2 Å². The highest BCUT2D eigenvalue weighted by molar-refractivity contribution is 6.20. The predicted octanol–water partition coefficient (Wildman–Crippen LogP) is 1.53. The molecule has 168 valence electrons. The average Bonchev–Trinajstić information content (AvgIpc) is 3.22. The zero-order chi connectivity index (χ0) is 22.9. The van der Waals surface area contributed by atoms with Crippen LogP contribution in [0.3, 0.4) is 0 Å². The molecule has 2 saturated heterocycles. The highest BCUT2D eigenvalue weighted by Gasteiger charge is 2.62. The summed E-state index contributed by atoms with van der Waals surface area (Å²) in [5, 5.41) is 8.84. The fourth-order valence-corrected chi connectivity index (χ4v) is 5.35. The third-order valence-electron chi connectivity index (χ3n) is 6.68. The molecule has 3 aromatic rings. The first-order chi connectivity index (χ1) is 15.9. The molecule has 2 fully saturated rings. The molecule has 5 heterocycles. The molecule has 1 aromatic carbocycles. The fourth-order valence-electron chi connectivity index (χ4n) is 5.35. The normalized spacial score (nSPS) is 23.8. The Bertz CT molecular complexity index is 1320. The van der Waals surface area contributed by atoms with Gasteiger partial charge in [-0.25, -0.2) is 9.18 Å². The molecule has 10 nitrogen and oxygen atoms in total. The van der Waals surface area contributed by atoms with Gasteiger partial charge in [0, 0.05) is 19.2 Å². The number of nitrogens with one attached hydrogen (secondary N) is 2. The Kier molecular flexibility index (Phi) is 4.09. The molecule has 4 amide bonds. The Morgan fingerprint density at radius 2 is 2.00 bits per heavy atom. The summed E-state index contributed by atoms with van der Waals surface area (Å²) < 4.78 is 27.0. The average molecular weight is 451 g/mol. The van der Waals surface area contributed by atoms with Gasteiger partial charge in [0.1, 0.15) is 5.69 Å². The molecule has 0 bridgehead atoms. The molecular weight excluding hydrogens is 433 g/mol. The number of halogens is 1. The summed E-state index contributed by atoms with van der Waals surface area (Å²) in [7, 11) is 0. The molecule has 6 rings (SSSR count). The van der Waals surface area contributed by atoms with Gasteiger partial charge in [0.15, 0.2) is 11.2 Å². The molecule has 3 aliphatic heterocycles. The van der Waals surface area contributed by atoms with Gasteiger partial charge in [-0.05, 0) is 30.7 Å². The van der Waals surface area contributed by atoms with Crippen LogP contribution < -0.4 is 15.5 Å². The van der Waals surface area contributed by atoms with Crippen LogP contribution in [0.15, 0.2) is 35.0 Å². The molecule has 2 aromatic heterocycles. The van der Waals surface area contributed by atoms with Crippen LogP contribution in [-0.2, 0) is 20.7 Å². The number of rotatable bonds is 1. The van der Waals surface area contributed by atoms with Gasteiger partial charge in [0.2, 0.25) is 17.4 Å². The highest BCUT2D eigenvalue weighted by atomic mass is 19.1. The Morgan fingerprint density at radius 1 is 1.21 bits per heavy atom. The summed E-state index contributed by atoms with van der Waals surface area (Å²) in [6.45, 7) is 2.26. The van der Waals surface area contributed by atoms with E-state index in [9.17, 15) is 14.4 Å². The molecule has 1 spiro atoms. The van der Waals surface area contributed by atoms with Crippen LogP contribution in [-0.4, -0.2) is 53.3 Å². The lowest BCUT2D eigenvalue weighted by atomic mass is 9.66. The molecule has 0 unspecified atom stereocenters.